The molecule has 0 spiro atoms. The highest BCUT2D eigenvalue weighted by Gasteiger charge is 2.27. The van der Waals surface area contributed by atoms with Gasteiger partial charge >= 0.3 is 7.05 Å². The third-order valence-corrected chi connectivity index (χ3v) is 2.97. The fourth-order valence-electron chi connectivity index (χ4n) is 2.19. The Morgan fingerprint density at radius 3 is 2.87 bits per heavy atom. The zero-order valence-corrected chi connectivity index (χ0v) is 8.93. The van der Waals surface area contributed by atoms with Crippen LogP contribution in [0.15, 0.2) is 24.3 Å². The Labute approximate surface area is 90.5 Å². The summed E-state index contributed by atoms with van der Waals surface area (Å²) in [4.78, 5) is 1.94. The van der Waals surface area contributed by atoms with Crippen molar-refractivity contribution in [1.82, 2.24) is 0 Å². The van der Waals surface area contributed by atoms with Gasteiger partial charge in [0, 0.05) is 24.8 Å². The van der Waals surface area contributed by atoms with Crippen LogP contribution in [-0.4, -0.2) is 30.3 Å². The first-order valence-corrected chi connectivity index (χ1v) is 5.36. The summed E-state index contributed by atoms with van der Waals surface area (Å²) in [5, 5.41) is 18.9. The minimum Gasteiger partial charge on any atom is -0.432 e. The molecule has 1 aromatic rings. The summed E-state index contributed by atoms with van der Waals surface area (Å²) < 4.78 is 0. The van der Waals surface area contributed by atoms with Gasteiger partial charge in [-0.05, 0) is 24.9 Å². The van der Waals surface area contributed by atoms with Gasteiger partial charge in [-0.1, -0.05) is 18.2 Å². The summed E-state index contributed by atoms with van der Waals surface area (Å²) in [6, 6.07) is 8.06. The maximum absolute atomic E-state index is 9.68. The molecule has 1 aliphatic rings. The van der Waals surface area contributed by atoms with E-state index in [4.69, 9.17) is 0 Å². The number of para-hydroxylation sites is 1. The minimum atomic E-state index is -0.500. The van der Waals surface area contributed by atoms with Crippen LogP contribution in [0.5, 0.6) is 0 Å². The van der Waals surface area contributed by atoms with Gasteiger partial charge in [0.1, 0.15) is 0 Å². The molecule has 0 bridgehead atoms. The fourth-order valence-corrected chi connectivity index (χ4v) is 2.19. The molecule has 80 valence electrons. The number of nitrogens with zero attached hydrogens (tertiary/aromatic N) is 1. The van der Waals surface area contributed by atoms with Crippen LogP contribution < -0.4 is 4.81 Å². The lowest BCUT2D eigenvalue weighted by Gasteiger charge is -2.36. The molecule has 2 N–H and O–H groups in total. The molecule has 3 nitrogen and oxygen atoms in total. The molecule has 1 aliphatic heterocycles. The quantitative estimate of drug-likeness (QED) is 0.700. The smallest absolute Gasteiger partial charge is 0.409 e. The summed E-state index contributed by atoms with van der Waals surface area (Å²) in [5.41, 5.74) is 2.31. The molecule has 0 saturated heterocycles. The van der Waals surface area contributed by atoms with Gasteiger partial charge in [0.05, 0.1) is 0 Å². The monoisotopic (exact) mass is 205 g/mol. The number of hydrogen-bond acceptors (Lipinski definition) is 3. The number of aliphatic hydroxyl groups is 1. The Bertz CT molecular complexity index is 343. The van der Waals surface area contributed by atoms with Crippen molar-refractivity contribution in [3.8, 4) is 0 Å². The Morgan fingerprint density at radius 2 is 2.20 bits per heavy atom. The highest BCUT2D eigenvalue weighted by Crippen LogP contribution is 2.29. The van der Waals surface area contributed by atoms with Crippen molar-refractivity contribution >= 4 is 12.7 Å². The fraction of sp³-hybridized carbons (Fsp3) is 0.455. The second-order valence-corrected chi connectivity index (χ2v) is 4.17. The van der Waals surface area contributed by atoms with E-state index in [2.05, 4.69) is 6.07 Å². The van der Waals surface area contributed by atoms with Crippen LogP contribution in [0.2, 0.25) is 6.82 Å². The van der Waals surface area contributed by atoms with E-state index in [-0.39, 0.29) is 12.5 Å². The predicted molar refractivity (Wildman–Crippen MR) is 61.9 cm³/mol. The van der Waals surface area contributed by atoms with Gasteiger partial charge in [-0.25, -0.2) is 0 Å². The first kappa shape index (κ1) is 10.5. The van der Waals surface area contributed by atoms with Gasteiger partial charge in [0.25, 0.3) is 0 Å². The molecule has 4 heteroatoms. The third kappa shape index (κ3) is 2.01. The molecule has 0 aromatic heterocycles. The molecular formula is C11H16BNO2. The molecule has 1 atom stereocenters. The maximum atomic E-state index is 9.68. The average Bonchev–Trinajstić information content (AvgIpc) is 2.27. The van der Waals surface area contributed by atoms with E-state index in [0.717, 1.165) is 18.7 Å². The van der Waals surface area contributed by atoms with Gasteiger partial charge in [-0.15, -0.1) is 0 Å². The van der Waals surface area contributed by atoms with E-state index >= 15 is 0 Å². The normalized spacial score (nSPS) is 19.9. The van der Waals surface area contributed by atoms with Crippen molar-refractivity contribution < 1.29 is 10.1 Å². The van der Waals surface area contributed by atoms with Crippen molar-refractivity contribution in [2.45, 2.75) is 13.2 Å². The van der Waals surface area contributed by atoms with Gasteiger partial charge in [0.2, 0.25) is 0 Å². The highest BCUT2D eigenvalue weighted by molar-refractivity contribution is 6.53. The number of anilines is 1. The highest BCUT2D eigenvalue weighted by atomic mass is 16.3. The lowest BCUT2D eigenvalue weighted by atomic mass is 9.79. The van der Waals surface area contributed by atoms with E-state index in [1.54, 1.807) is 6.82 Å². The molecule has 0 radical (unpaired) electrons. The average molecular weight is 205 g/mol. The van der Waals surface area contributed by atoms with E-state index in [1.807, 2.05) is 23.0 Å². The first-order valence-electron chi connectivity index (χ1n) is 5.36. The lowest BCUT2D eigenvalue weighted by Crippen LogP contribution is -2.45. The Balaban J connectivity index is 2.34. The Morgan fingerprint density at radius 1 is 1.47 bits per heavy atom. The second kappa shape index (κ2) is 4.25. The molecule has 0 saturated carbocycles. The van der Waals surface area contributed by atoms with Crippen molar-refractivity contribution in [3.63, 3.8) is 0 Å². The van der Waals surface area contributed by atoms with E-state index in [9.17, 15) is 10.1 Å². The summed E-state index contributed by atoms with van der Waals surface area (Å²) in [6.45, 7) is 2.67. The predicted octanol–water partition coefficient (Wildman–Crippen LogP) is 0.768. The van der Waals surface area contributed by atoms with Gasteiger partial charge < -0.3 is 14.9 Å². The third-order valence-electron chi connectivity index (χ3n) is 2.97. The van der Waals surface area contributed by atoms with Crippen LogP contribution in [0.3, 0.4) is 0 Å². The number of benzene rings is 1. The van der Waals surface area contributed by atoms with Crippen molar-refractivity contribution in [3.05, 3.63) is 29.8 Å². The maximum Gasteiger partial charge on any atom is 0.409 e. The topological polar surface area (TPSA) is 43.7 Å². The van der Waals surface area contributed by atoms with Crippen molar-refractivity contribution in [2.24, 2.45) is 5.92 Å². The molecule has 0 fully saturated rings. The summed E-state index contributed by atoms with van der Waals surface area (Å²) in [7, 11) is -0.500. The van der Waals surface area contributed by atoms with Crippen LogP contribution >= 0.6 is 0 Å². The zero-order chi connectivity index (χ0) is 10.8. The molecular weight excluding hydrogens is 189 g/mol. The first-order chi connectivity index (χ1) is 7.22. The lowest BCUT2D eigenvalue weighted by molar-refractivity contribution is 0.226. The molecule has 0 aliphatic carbocycles. The minimum absolute atomic E-state index is 0.178. The summed E-state index contributed by atoms with van der Waals surface area (Å²) in [5.74, 6) is 0.231. The summed E-state index contributed by atoms with van der Waals surface area (Å²) >= 11 is 0. The number of aliphatic hydroxyl groups excluding tert-OH is 1. The summed E-state index contributed by atoms with van der Waals surface area (Å²) in [6.07, 6.45) is 0.899. The molecule has 1 aromatic carbocycles. The Kier molecular flexibility index (Phi) is 2.98. The van der Waals surface area contributed by atoms with Crippen LogP contribution in [0.25, 0.3) is 0 Å². The SMILES string of the molecule is CB(O)N1C[C@@H](CO)Cc2ccccc21. The number of rotatable bonds is 2. The second-order valence-electron chi connectivity index (χ2n) is 4.17. The van der Waals surface area contributed by atoms with Crippen molar-refractivity contribution in [2.75, 3.05) is 18.0 Å². The van der Waals surface area contributed by atoms with Crippen LogP contribution in [0, 0.1) is 5.92 Å². The van der Waals surface area contributed by atoms with Gasteiger partial charge in [-0.2, -0.15) is 0 Å². The van der Waals surface area contributed by atoms with Crippen LogP contribution in [-0.2, 0) is 6.42 Å². The van der Waals surface area contributed by atoms with Gasteiger partial charge in [0.15, 0.2) is 0 Å². The molecule has 1 heterocycles. The number of hydrogen-bond donors (Lipinski definition) is 2. The van der Waals surface area contributed by atoms with E-state index < -0.39 is 7.05 Å². The van der Waals surface area contributed by atoms with Crippen LogP contribution in [0.1, 0.15) is 5.56 Å². The molecule has 0 amide bonds. The van der Waals surface area contributed by atoms with Gasteiger partial charge in [-0.3, -0.25) is 0 Å². The Hall–Kier alpha value is -0.995. The zero-order valence-electron chi connectivity index (χ0n) is 8.93. The van der Waals surface area contributed by atoms with Crippen LogP contribution in [0.4, 0.5) is 5.69 Å². The largest absolute Gasteiger partial charge is 0.432 e. The molecule has 0 unspecified atom stereocenters. The molecule has 15 heavy (non-hydrogen) atoms. The number of fused-ring (bicyclic) bond motifs is 1. The van der Waals surface area contributed by atoms with E-state index in [0.29, 0.717) is 0 Å². The van der Waals surface area contributed by atoms with E-state index in [1.165, 1.54) is 5.56 Å². The standard InChI is InChI=1S/C11H16BNO2/c1-12(15)13-7-9(8-14)6-10-4-2-3-5-11(10)13/h2-5,9,14-15H,6-8H2,1H3/t9-/m0/s1. The molecule has 2 rings (SSSR count). The van der Waals surface area contributed by atoms with Crippen molar-refractivity contribution in [1.29, 1.82) is 0 Å².